The topological polar surface area (TPSA) is 81.0 Å². The van der Waals surface area contributed by atoms with Gasteiger partial charge in [0, 0.05) is 28.1 Å². The molecule has 2 heterocycles. The number of rotatable bonds is 4. The SMILES string of the molecule is O=[N+]([O-])c1cccc(-c2csc3ncnc(Nc4ccc(Cl)cc4Cl)c23)c1. The van der Waals surface area contributed by atoms with Crippen molar-refractivity contribution in [1.29, 1.82) is 0 Å². The second-order valence-corrected chi connectivity index (χ2v) is 7.31. The smallest absolute Gasteiger partial charge is 0.270 e. The number of nitro benzene ring substituents is 1. The van der Waals surface area contributed by atoms with Crippen molar-refractivity contribution in [2.24, 2.45) is 0 Å². The lowest BCUT2D eigenvalue weighted by Gasteiger charge is -2.10. The summed E-state index contributed by atoms with van der Waals surface area (Å²) in [4.78, 5) is 20.1. The van der Waals surface area contributed by atoms with Gasteiger partial charge in [0.1, 0.15) is 17.0 Å². The van der Waals surface area contributed by atoms with E-state index in [0.29, 0.717) is 21.6 Å². The van der Waals surface area contributed by atoms with Gasteiger partial charge in [0.25, 0.3) is 5.69 Å². The Hall–Kier alpha value is -2.74. The normalized spacial score (nSPS) is 10.9. The molecule has 0 spiro atoms. The molecule has 0 amide bonds. The van der Waals surface area contributed by atoms with Gasteiger partial charge in [-0.05, 0) is 23.8 Å². The highest BCUT2D eigenvalue weighted by Gasteiger charge is 2.16. The van der Waals surface area contributed by atoms with E-state index >= 15 is 0 Å². The maximum atomic E-state index is 11.1. The number of nitro groups is 1. The predicted octanol–water partition coefficient (Wildman–Crippen LogP) is 6.32. The van der Waals surface area contributed by atoms with Crippen LogP contribution in [0.25, 0.3) is 21.3 Å². The number of thiophene rings is 1. The molecule has 27 heavy (non-hydrogen) atoms. The van der Waals surface area contributed by atoms with Crippen LogP contribution in [-0.4, -0.2) is 14.9 Å². The highest BCUT2D eigenvalue weighted by molar-refractivity contribution is 7.17. The Labute approximate surface area is 167 Å². The van der Waals surface area contributed by atoms with Gasteiger partial charge >= 0.3 is 0 Å². The summed E-state index contributed by atoms with van der Waals surface area (Å²) in [6.45, 7) is 0. The fourth-order valence-electron chi connectivity index (χ4n) is 2.69. The number of aromatic nitrogens is 2. The van der Waals surface area contributed by atoms with Crippen LogP contribution in [0.3, 0.4) is 0 Å². The Kier molecular flexibility index (Phi) is 4.65. The minimum atomic E-state index is -0.415. The summed E-state index contributed by atoms with van der Waals surface area (Å²) in [7, 11) is 0. The summed E-state index contributed by atoms with van der Waals surface area (Å²) in [5.74, 6) is 0.562. The first kappa shape index (κ1) is 17.7. The minimum Gasteiger partial charge on any atom is -0.338 e. The van der Waals surface area contributed by atoms with Gasteiger partial charge in [-0.2, -0.15) is 0 Å². The van der Waals surface area contributed by atoms with Crippen molar-refractivity contribution >= 4 is 61.9 Å². The molecule has 0 saturated heterocycles. The van der Waals surface area contributed by atoms with Gasteiger partial charge in [0.15, 0.2) is 0 Å². The van der Waals surface area contributed by atoms with Gasteiger partial charge in [-0.15, -0.1) is 11.3 Å². The fourth-order valence-corrected chi connectivity index (χ4v) is 4.06. The van der Waals surface area contributed by atoms with Crippen LogP contribution in [0.1, 0.15) is 0 Å². The second kappa shape index (κ2) is 7.11. The summed E-state index contributed by atoms with van der Waals surface area (Å²) in [5.41, 5.74) is 2.21. The minimum absolute atomic E-state index is 0.0268. The van der Waals surface area contributed by atoms with Crippen LogP contribution in [0.5, 0.6) is 0 Å². The molecule has 0 unspecified atom stereocenters. The third-order valence-corrected chi connectivity index (χ3v) is 5.36. The number of hydrogen-bond acceptors (Lipinski definition) is 6. The largest absolute Gasteiger partial charge is 0.338 e. The number of hydrogen-bond donors (Lipinski definition) is 1. The standard InChI is InChI=1S/C18H10Cl2N4O2S/c19-11-4-5-15(14(20)7-11)23-17-16-13(8-27-18(16)22-9-21-17)10-2-1-3-12(6-10)24(25)26/h1-9H,(H,21,22,23). The molecule has 0 bridgehead atoms. The van der Waals surface area contributed by atoms with E-state index < -0.39 is 4.92 Å². The molecule has 9 heteroatoms. The van der Waals surface area contributed by atoms with Gasteiger partial charge in [-0.1, -0.05) is 35.3 Å². The number of nitrogens with zero attached hydrogens (tertiary/aromatic N) is 3. The predicted molar refractivity (Wildman–Crippen MR) is 109 cm³/mol. The quantitative estimate of drug-likeness (QED) is 0.311. The number of halogens is 2. The lowest BCUT2D eigenvalue weighted by molar-refractivity contribution is -0.384. The third kappa shape index (κ3) is 3.44. The molecule has 2 aromatic carbocycles. The van der Waals surface area contributed by atoms with Gasteiger partial charge in [-0.3, -0.25) is 10.1 Å². The lowest BCUT2D eigenvalue weighted by Crippen LogP contribution is -1.96. The Morgan fingerprint density at radius 3 is 2.74 bits per heavy atom. The van der Waals surface area contributed by atoms with Crippen molar-refractivity contribution in [3.05, 3.63) is 74.3 Å². The van der Waals surface area contributed by atoms with Crippen molar-refractivity contribution in [3.8, 4) is 11.1 Å². The number of nitrogens with one attached hydrogen (secondary N) is 1. The summed E-state index contributed by atoms with van der Waals surface area (Å²) >= 11 is 13.6. The molecular formula is C18H10Cl2N4O2S. The van der Waals surface area contributed by atoms with Crippen LogP contribution in [0.15, 0.2) is 54.2 Å². The summed E-state index contributed by atoms with van der Waals surface area (Å²) < 4.78 is 0. The third-order valence-electron chi connectivity index (χ3n) is 3.92. The molecule has 0 atom stereocenters. The molecule has 0 aliphatic heterocycles. The molecule has 0 aliphatic carbocycles. The van der Waals surface area contributed by atoms with Crippen molar-refractivity contribution in [2.75, 3.05) is 5.32 Å². The summed E-state index contributed by atoms with van der Waals surface area (Å²) in [5, 5.41) is 18.0. The van der Waals surface area contributed by atoms with E-state index in [9.17, 15) is 10.1 Å². The van der Waals surface area contributed by atoms with E-state index in [4.69, 9.17) is 23.2 Å². The molecule has 0 radical (unpaired) electrons. The first-order valence-electron chi connectivity index (χ1n) is 7.72. The number of non-ortho nitro benzene ring substituents is 1. The molecule has 4 rings (SSSR count). The molecule has 6 nitrogen and oxygen atoms in total. The zero-order valence-corrected chi connectivity index (χ0v) is 15.8. The molecule has 0 fully saturated rings. The lowest BCUT2D eigenvalue weighted by atomic mass is 10.1. The van der Waals surface area contributed by atoms with E-state index in [1.54, 1.807) is 24.3 Å². The van der Waals surface area contributed by atoms with Crippen LogP contribution in [0.4, 0.5) is 17.2 Å². The highest BCUT2D eigenvalue weighted by atomic mass is 35.5. The molecule has 1 N–H and O–H groups in total. The Morgan fingerprint density at radius 2 is 1.96 bits per heavy atom. The maximum absolute atomic E-state index is 11.1. The van der Waals surface area contributed by atoms with Crippen LogP contribution >= 0.6 is 34.5 Å². The van der Waals surface area contributed by atoms with E-state index in [0.717, 1.165) is 21.3 Å². The maximum Gasteiger partial charge on any atom is 0.270 e. The van der Waals surface area contributed by atoms with Gasteiger partial charge in [0.05, 0.1) is 21.0 Å². The zero-order valence-electron chi connectivity index (χ0n) is 13.5. The van der Waals surface area contributed by atoms with Crippen molar-refractivity contribution in [1.82, 2.24) is 9.97 Å². The number of benzene rings is 2. The van der Waals surface area contributed by atoms with Crippen molar-refractivity contribution in [2.45, 2.75) is 0 Å². The molecule has 2 aromatic heterocycles. The summed E-state index contributed by atoms with van der Waals surface area (Å²) in [6.07, 6.45) is 1.46. The highest BCUT2D eigenvalue weighted by Crippen LogP contribution is 2.39. The van der Waals surface area contributed by atoms with E-state index in [1.807, 2.05) is 11.4 Å². The molecule has 4 aromatic rings. The van der Waals surface area contributed by atoms with Crippen LogP contribution in [0.2, 0.25) is 10.0 Å². The second-order valence-electron chi connectivity index (χ2n) is 5.61. The van der Waals surface area contributed by atoms with Crippen molar-refractivity contribution in [3.63, 3.8) is 0 Å². The summed E-state index contributed by atoms with van der Waals surface area (Å²) in [6, 6.07) is 11.6. The van der Waals surface area contributed by atoms with E-state index in [-0.39, 0.29) is 5.69 Å². The van der Waals surface area contributed by atoms with Gasteiger partial charge < -0.3 is 5.32 Å². The first-order valence-corrected chi connectivity index (χ1v) is 9.35. The van der Waals surface area contributed by atoms with Crippen molar-refractivity contribution < 1.29 is 4.92 Å². The Morgan fingerprint density at radius 1 is 1.11 bits per heavy atom. The zero-order chi connectivity index (χ0) is 19.0. The fraction of sp³-hybridized carbons (Fsp3) is 0. The van der Waals surface area contributed by atoms with Crippen LogP contribution in [0, 0.1) is 10.1 Å². The molecule has 134 valence electrons. The van der Waals surface area contributed by atoms with Gasteiger partial charge in [-0.25, -0.2) is 9.97 Å². The average molecular weight is 417 g/mol. The van der Waals surface area contributed by atoms with Crippen LogP contribution in [-0.2, 0) is 0 Å². The van der Waals surface area contributed by atoms with E-state index in [1.165, 1.54) is 29.8 Å². The first-order chi connectivity index (χ1) is 13.0. The molecule has 0 saturated carbocycles. The Balaban J connectivity index is 1.85. The monoisotopic (exact) mass is 416 g/mol. The Bertz CT molecular complexity index is 1180. The molecular weight excluding hydrogens is 407 g/mol. The van der Waals surface area contributed by atoms with Gasteiger partial charge in [0.2, 0.25) is 0 Å². The van der Waals surface area contributed by atoms with E-state index in [2.05, 4.69) is 15.3 Å². The van der Waals surface area contributed by atoms with Crippen LogP contribution < -0.4 is 5.32 Å². The number of fused-ring (bicyclic) bond motifs is 1. The number of anilines is 2. The average Bonchev–Trinajstić information content (AvgIpc) is 3.09. The molecule has 0 aliphatic rings.